The van der Waals surface area contributed by atoms with Crippen molar-refractivity contribution in [1.29, 1.82) is 0 Å². The normalized spacial score (nSPS) is 10.4. The molecule has 72 valence electrons. The lowest BCUT2D eigenvalue weighted by atomic mass is 10.2. The number of hydrogen-bond acceptors (Lipinski definition) is 2. The van der Waals surface area contributed by atoms with Crippen LogP contribution in [0.2, 0.25) is 0 Å². The molecular weight excluding hydrogens is 269 g/mol. The van der Waals surface area contributed by atoms with Crippen LogP contribution in [0.4, 0.5) is 4.39 Å². The fourth-order valence-electron chi connectivity index (χ4n) is 1.09. The van der Waals surface area contributed by atoms with Crippen LogP contribution in [0, 0.1) is 10.7 Å². The first-order valence-corrected chi connectivity index (χ1v) is 5.00. The summed E-state index contributed by atoms with van der Waals surface area (Å²) in [6.45, 7) is 0. The van der Waals surface area contributed by atoms with Gasteiger partial charge in [0.2, 0.25) is 0 Å². The number of halogens is 2. The van der Waals surface area contributed by atoms with Gasteiger partial charge in [0.05, 0.1) is 10.2 Å². The summed E-state index contributed by atoms with van der Waals surface area (Å²) in [5, 5.41) is 0. The van der Waals surface area contributed by atoms with Gasteiger partial charge in [0.1, 0.15) is 12.1 Å². The number of hydrogen-bond donors (Lipinski definition) is 1. The molecule has 0 aliphatic rings. The third-order valence-electron chi connectivity index (χ3n) is 1.75. The summed E-state index contributed by atoms with van der Waals surface area (Å²) in [6, 6.07) is 4.69. The fourth-order valence-corrected chi connectivity index (χ4v) is 1.62. The molecule has 0 spiro atoms. The van der Waals surface area contributed by atoms with Gasteiger partial charge < -0.3 is 9.40 Å². The Kier molecular flexibility index (Phi) is 2.52. The number of H-pyrrole nitrogens is 1. The van der Waals surface area contributed by atoms with Crippen molar-refractivity contribution in [2.24, 2.45) is 0 Å². The largest absolute Gasteiger partial charge is 0.437 e. The Bertz CT molecular complexity index is 520. The molecule has 5 heteroatoms. The molecule has 0 aliphatic heterocycles. The monoisotopic (exact) mass is 273 g/mol. The predicted molar refractivity (Wildman–Crippen MR) is 57.0 cm³/mol. The average molecular weight is 274 g/mol. The summed E-state index contributed by atoms with van der Waals surface area (Å²) in [4.78, 5) is 3.15. The summed E-state index contributed by atoms with van der Waals surface area (Å²) in [7, 11) is 0. The fraction of sp³-hybridized carbons (Fsp3) is 0. The van der Waals surface area contributed by atoms with Crippen LogP contribution in [0.1, 0.15) is 0 Å². The van der Waals surface area contributed by atoms with Gasteiger partial charge >= 0.3 is 0 Å². The van der Waals surface area contributed by atoms with Crippen LogP contribution in [-0.4, -0.2) is 4.98 Å². The maximum atomic E-state index is 12.9. The van der Waals surface area contributed by atoms with Gasteiger partial charge in [0.25, 0.3) is 4.84 Å². The molecule has 0 atom stereocenters. The van der Waals surface area contributed by atoms with Gasteiger partial charge in [-0.25, -0.2) is 4.39 Å². The molecule has 1 aromatic carbocycles. The minimum atomic E-state index is -0.296. The van der Waals surface area contributed by atoms with Gasteiger partial charge in [-0.3, -0.25) is 0 Å². The maximum Gasteiger partial charge on any atom is 0.266 e. The van der Waals surface area contributed by atoms with E-state index < -0.39 is 0 Å². The molecule has 0 fully saturated rings. The van der Waals surface area contributed by atoms with Crippen LogP contribution in [0.15, 0.2) is 33.4 Å². The van der Waals surface area contributed by atoms with Gasteiger partial charge in [-0.2, -0.15) is 0 Å². The van der Waals surface area contributed by atoms with E-state index in [0.29, 0.717) is 9.31 Å². The molecule has 0 aliphatic carbocycles. The molecule has 0 radical (unpaired) electrons. The van der Waals surface area contributed by atoms with Crippen LogP contribution in [0.3, 0.4) is 0 Å². The molecule has 1 N–H and O–H groups in total. The van der Waals surface area contributed by atoms with E-state index in [1.165, 1.54) is 12.3 Å². The minimum absolute atomic E-state index is 0.296. The second kappa shape index (κ2) is 3.67. The average Bonchev–Trinajstić information content (AvgIpc) is 2.57. The van der Waals surface area contributed by atoms with Crippen LogP contribution >= 0.6 is 28.1 Å². The highest BCUT2D eigenvalue weighted by Crippen LogP contribution is 2.23. The number of nitrogens with one attached hydrogen (secondary N) is 1. The second-order valence-electron chi connectivity index (χ2n) is 2.69. The zero-order valence-electron chi connectivity index (χ0n) is 6.88. The molecule has 2 aromatic rings. The van der Waals surface area contributed by atoms with Crippen molar-refractivity contribution < 1.29 is 8.81 Å². The quantitative estimate of drug-likeness (QED) is 0.799. The van der Waals surface area contributed by atoms with Crippen molar-refractivity contribution in [1.82, 2.24) is 4.98 Å². The Hall–Kier alpha value is -0.940. The number of oxazole rings is 1. The van der Waals surface area contributed by atoms with E-state index in [0.717, 1.165) is 11.3 Å². The molecule has 1 heterocycles. The van der Waals surface area contributed by atoms with E-state index in [-0.39, 0.29) is 5.82 Å². The second-order valence-corrected chi connectivity index (χ2v) is 3.92. The highest BCUT2D eigenvalue weighted by atomic mass is 79.9. The first kappa shape index (κ1) is 9.61. The summed E-state index contributed by atoms with van der Waals surface area (Å²) in [5.41, 5.74) is 1.55. The first-order valence-electron chi connectivity index (χ1n) is 3.80. The van der Waals surface area contributed by atoms with E-state index in [9.17, 15) is 4.39 Å². The SMILES string of the molecule is Fc1ccc(-c2coc(=S)[nH]2)cc1Br. The lowest BCUT2D eigenvalue weighted by Crippen LogP contribution is -1.80. The van der Waals surface area contributed by atoms with Crippen molar-refractivity contribution in [3.63, 3.8) is 0 Å². The van der Waals surface area contributed by atoms with Crippen LogP contribution < -0.4 is 0 Å². The van der Waals surface area contributed by atoms with E-state index in [2.05, 4.69) is 20.9 Å². The highest BCUT2D eigenvalue weighted by molar-refractivity contribution is 9.10. The first-order chi connectivity index (χ1) is 6.66. The number of aromatic amines is 1. The van der Waals surface area contributed by atoms with Crippen molar-refractivity contribution in [2.75, 3.05) is 0 Å². The van der Waals surface area contributed by atoms with Gasteiger partial charge in [0, 0.05) is 5.56 Å². The number of rotatable bonds is 1. The number of benzene rings is 1. The zero-order chi connectivity index (χ0) is 10.1. The molecule has 1 aromatic heterocycles. The van der Waals surface area contributed by atoms with E-state index >= 15 is 0 Å². The number of aromatic nitrogens is 1. The summed E-state index contributed by atoms with van der Waals surface area (Å²) in [5.74, 6) is -0.296. The standard InChI is InChI=1S/C9H5BrFNOS/c10-6-3-5(1-2-7(6)11)8-4-13-9(14)12-8/h1-4H,(H,12,14). The van der Waals surface area contributed by atoms with Crippen molar-refractivity contribution >= 4 is 28.1 Å². The Morgan fingerprint density at radius 1 is 1.43 bits per heavy atom. The lowest BCUT2D eigenvalue weighted by Gasteiger charge is -1.98. The molecule has 0 saturated carbocycles. The molecule has 2 rings (SSSR count). The Labute approximate surface area is 92.9 Å². The summed E-state index contributed by atoms with van der Waals surface area (Å²) < 4.78 is 18.3. The molecule has 0 bridgehead atoms. The predicted octanol–water partition coefficient (Wildman–Crippen LogP) is 3.91. The van der Waals surface area contributed by atoms with E-state index in [1.807, 2.05) is 0 Å². The third kappa shape index (κ3) is 1.78. The van der Waals surface area contributed by atoms with Crippen LogP contribution in [0.5, 0.6) is 0 Å². The zero-order valence-corrected chi connectivity index (χ0v) is 9.28. The van der Waals surface area contributed by atoms with Gasteiger partial charge in [-0.15, -0.1) is 0 Å². The topological polar surface area (TPSA) is 28.9 Å². The Balaban J connectivity index is 2.52. The van der Waals surface area contributed by atoms with Crippen LogP contribution in [0.25, 0.3) is 11.3 Å². The lowest BCUT2D eigenvalue weighted by molar-refractivity contribution is 0.541. The smallest absolute Gasteiger partial charge is 0.266 e. The van der Waals surface area contributed by atoms with E-state index in [4.69, 9.17) is 16.6 Å². The van der Waals surface area contributed by atoms with Gasteiger partial charge in [-0.05, 0) is 46.3 Å². The van der Waals surface area contributed by atoms with Crippen molar-refractivity contribution in [3.8, 4) is 11.3 Å². The van der Waals surface area contributed by atoms with E-state index in [1.54, 1.807) is 12.1 Å². The van der Waals surface area contributed by atoms with Crippen molar-refractivity contribution in [2.45, 2.75) is 0 Å². The maximum absolute atomic E-state index is 12.9. The molecular formula is C9H5BrFNOS. The third-order valence-corrected chi connectivity index (χ3v) is 2.56. The molecule has 0 unspecified atom stereocenters. The Morgan fingerprint density at radius 2 is 2.21 bits per heavy atom. The van der Waals surface area contributed by atoms with Gasteiger partial charge in [-0.1, -0.05) is 0 Å². The molecule has 2 nitrogen and oxygen atoms in total. The summed E-state index contributed by atoms with van der Waals surface area (Å²) >= 11 is 7.89. The summed E-state index contributed by atoms with van der Waals surface area (Å²) in [6.07, 6.45) is 1.50. The van der Waals surface area contributed by atoms with Crippen LogP contribution in [-0.2, 0) is 0 Å². The Morgan fingerprint density at radius 3 is 2.79 bits per heavy atom. The highest BCUT2D eigenvalue weighted by Gasteiger charge is 2.04. The molecule has 14 heavy (non-hydrogen) atoms. The van der Waals surface area contributed by atoms with Gasteiger partial charge in [0.15, 0.2) is 0 Å². The molecule has 0 saturated heterocycles. The molecule has 0 amide bonds. The minimum Gasteiger partial charge on any atom is -0.437 e. The van der Waals surface area contributed by atoms with Crippen molar-refractivity contribution in [3.05, 3.63) is 39.6 Å².